The summed E-state index contributed by atoms with van der Waals surface area (Å²) in [5.41, 5.74) is 7.11. The molecule has 0 saturated heterocycles. The molecule has 2 heterocycles. The fourth-order valence-corrected chi connectivity index (χ4v) is 4.43. The number of nitrogens with zero attached hydrogens (tertiary/aromatic N) is 2. The van der Waals surface area contributed by atoms with Crippen LogP contribution in [0.1, 0.15) is 16.7 Å². The smallest absolute Gasteiger partial charge is 0.0491 e. The molecule has 5 rings (SSSR count). The molecule has 26 heavy (non-hydrogen) atoms. The first kappa shape index (κ1) is 15.7. The van der Waals surface area contributed by atoms with Crippen molar-refractivity contribution in [2.75, 3.05) is 13.1 Å². The zero-order chi connectivity index (χ0) is 17.5. The first-order valence-electron chi connectivity index (χ1n) is 9.55. The summed E-state index contributed by atoms with van der Waals surface area (Å²) in [4.78, 5) is 2.60. The lowest BCUT2D eigenvalue weighted by Crippen LogP contribution is -2.25. The molecule has 2 heteroatoms. The van der Waals surface area contributed by atoms with Gasteiger partial charge >= 0.3 is 0 Å². The van der Waals surface area contributed by atoms with Crippen LogP contribution in [0.25, 0.3) is 21.8 Å². The lowest BCUT2D eigenvalue weighted by Gasteiger charge is -2.20. The molecule has 2 nitrogen and oxygen atoms in total. The van der Waals surface area contributed by atoms with Crippen molar-refractivity contribution in [2.24, 2.45) is 7.05 Å². The van der Waals surface area contributed by atoms with E-state index in [4.69, 9.17) is 0 Å². The molecule has 0 aliphatic carbocycles. The molecule has 0 fully saturated rings. The summed E-state index contributed by atoms with van der Waals surface area (Å²) >= 11 is 0. The zero-order valence-electron chi connectivity index (χ0n) is 15.3. The van der Waals surface area contributed by atoms with Crippen LogP contribution >= 0.6 is 0 Å². The maximum absolute atomic E-state index is 2.60. The minimum atomic E-state index is 1.03. The van der Waals surface area contributed by atoms with Crippen LogP contribution in [-0.2, 0) is 26.4 Å². The Labute approximate surface area is 154 Å². The van der Waals surface area contributed by atoms with Gasteiger partial charge in [0.1, 0.15) is 0 Å². The summed E-state index contributed by atoms with van der Waals surface area (Å²) in [5.74, 6) is 0. The van der Waals surface area contributed by atoms with E-state index in [1.54, 1.807) is 0 Å². The Balaban J connectivity index is 1.43. The Kier molecular flexibility index (Phi) is 3.79. The lowest BCUT2D eigenvalue weighted by molar-refractivity contribution is 0.279. The third-order valence-corrected chi connectivity index (χ3v) is 5.90. The van der Waals surface area contributed by atoms with Gasteiger partial charge in [0, 0.05) is 48.5 Å². The molecule has 0 unspecified atom stereocenters. The SMILES string of the molecule is Cn1c2ccccc2c2ccc(CN3CCc4ccccc4CC3)cc21. The average molecular weight is 340 g/mol. The van der Waals surface area contributed by atoms with Gasteiger partial charge in [0.25, 0.3) is 0 Å². The molecule has 1 aromatic heterocycles. The molecule has 0 radical (unpaired) electrons. The number of aryl methyl sites for hydroxylation is 1. The topological polar surface area (TPSA) is 8.17 Å². The van der Waals surface area contributed by atoms with Crippen LogP contribution in [0, 0.1) is 0 Å². The van der Waals surface area contributed by atoms with Crippen LogP contribution in [0.5, 0.6) is 0 Å². The van der Waals surface area contributed by atoms with Gasteiger partial charge in [-0.25, -0.2) is 0 Å². The molecule has 0 saturated carbocycles. The van der Waals surface area contributed by atoms with Gasteiger partial charge in [-0.15, -0.1) is 0 Å². The van der Waals surface area contributed by atoms with E-state index < -0.39 is 0 Å². The first-order chi connectivity index (χ1) is 12.8. The molecule has 0 N–H and O–H groups in total. The molecular formula is C24H24N2. The van der Waals surface area contributed by atoms with Gasteiger partial charge in [-0.3, -0.25) is 4.90 Å². The number of hydrogen-bond acceptors (Lipinski definition) is 1. The maximum Gasteiger partial charge on any atom is 0.0491 e. The van der Waals surface area contributed by atoms with Crippen LogP contribution in [0.3, 0.4) is 0 Å². The van der Waals surface area contributed by atoms with Crippen molar-refractivity contribution in [1.82, 2.24) is 9.47 Å². The van der Waals surface area contributed by atoms with E-state index in [1.165, 1.54) is 38.5 Å². The third kappa shape index (κ3) is 2.62. The normalized spacial score (nSPS) is 15.3. The van der Waals surface area contributed by atoms with E-state index in [1.807, 2.05) is 0 Å². The van der Waals surface area contributed by atoms with Crippen LogP contribution < -0.4 is 0 Å². The quantitative estimate of drug-likeness (QED) is 0.502. The largest absolute Gasteiger partial charge is 0.344 e. The molecule has 0 atom stereocenters. The van der Waals surface area contributed by atoms with E-state index >= 15 is 0 Å². The fraction of sp³-hybridized carbons (Fsp3) is 0.250. The Morgan fingerprint density at radius 1 is 0.731 bits per heavy atom. The van der Waals surface area contributed by atoms with Crippen molar-refractivity contribution in [3.8, 4) is 0 Å². The molecule has 1 aliphatic rings. The number of hydrogen-bond donors (Lipinski definition) is 0. The van der Waals surface area contributed by atoms with Crippen molar-refractivity contribution in [3.05, 3.63) is 83.4 Å². The number of fused-ring (bicyclic) bond motifs is 4. The maximum atomic E-state index is 2.60. The monoisotopic (exact) mass is 340 g/mol. The summed E-state index contributed by atoms with van der Waals surface area (Å²) in [6, 6.07) is 24.6. The Bertz CT molecular complexity index is 1060. The van der Waals surface area contributed by atoms with Gasteiger partial charge in [-0.2, -0.15) is 0 Å². The molecule has 0 bridgehead atoms. The average Bonchev–Trinajstić information content (AvgIpc) is 2.83. The molecule has 3 aromatic carbocycles. The molecular weight excluding hydrogens is 316 g/mol. The van der Waals surface area contributed by atoms with E-state index in [9.17, 15) is 0 Å². The standard InChI is InChI=1S/C24H24N2/c1-25-23-9-5-4-8-21(23)22-11-10-18(16-24(22)25)17-26-14-12-19-6-2-3-7-20(19)13-15-26/h2-11,16H,12-15,17H2,1H3. The summed E-state index contributed by atoms with van der Waals surface area (Å²) in [6.45, 7) is 3.32. The van der Waals surface area contributed by atoms with Crippen molar-refractivity contribution < 1.29 is 0 Å². The van der Waals surface area contributed by atoms with Crippen molar-refractivity contribution in [1.29, 1.82) is 0 Å². The zero-order valence-corrected chi connectivity index (χ0v) is 15.3. The van der Waals surface area contributed by atoms with Crippen molar-refractivity contribution in [3.63, 3.8) is 0 Å². The summed E-state index contributed by atoms with van der Waals surface area (Å²) in [7, 11) is 2.18. The second kappa shape index (κ2) is 6.30. The predicted molar refractivity (Wildman–Crippen MR) is 110 cm³/mol. The lowest BCUT2D eigenvalue weighted by atomic mass is 10.0. The number of para-hydroxylation sites is 1. The highest BCUT2D eigenvalue weighted by Crippen LogP contribution is 2.29. The van der Waals surface area contributed by atoms with Gasteiger partial charge in [-0.05, 0) is 41.7 Å². The van der Waals surface area contributed by atoms with E-state index in [2.05, 4.69) is 83.2 Å². The minimum Gasteiger partial charge on any atom is -0.344 e. The summed E-state index contributed by atoms with van der Waals surface area (Å²) in [6.07, 6.45) is 2.32. The Morgan fingerprint density at radius 3 is 2.15 bits per heavy atom. The minimum absolute atomic E-state index is 1.03. The number of benzene rings is 3. The predicted octanol–water partition coefficient (Wildman–Crippen LogP) is 4.93. The first-order valence-corrected chi connectivity index (χ1v) is 9.55. The van der Waals surface area contributed by atoms with Gasteiger partial charge in [-0.1, -0.05) is 54.6 Å². The van der Waals surface area contributed by atoms with Gasteiger partial charge in [0.15, 0.2) is 0 Å². The van der Waals surface area contributed by atoms with E-state index in [0.29, 0.717) is 0 Å². The van der Waals surface area contributed by atoms with E-state index in [0.717, 1.165) is 32.5 Å². The highest BCUT2D eigenvalue weighted by molar-refractivity contribution is 6.08. The second-order valence-corrected chi connectivity index (χ2v) is 7.47. The second-order valence-electron chi connectivity index (χ2n) is 7.47. The third-order valence-electron chi connectivity index (χ3n) is 5.90. The Hall–Kier alpha value is -2.58. The van der Waals surface area contributed by atoms with Gasteiger partial charge in [0.05, 0.1) is 0 Å². The summed E-state index contributed by atoms with van der Waals surface area (Å²) < 4.78 is 2.33. The highest BCUT2D eigenvalue weighted by Gasteiger charge is 2.15. The molecule has 0 spiro atoms. The molecule has 0 amide bonds. The summed E-state index contributed by atoms with van der Waals surface area (Å²) in [5, 5.41) is 2.71. The fourth-order valence-electron chi connectivity index (χ4n) is 4.43. The number of rotatable bonds is 2. The molecule has 4 aromatic rings. The van der Waals surface area contributed by atoms with E-state index in [-0.39, 0.29) is 0 Å². The van der Waals surface area contributed by atoms with Crippen molar-refractivity contribution >= 4 is 21.8 Å². The number of aromatic nitrogens is 1. The van der Waals surface area contributed by atoms with Crippen LogP contribution in [0.4, 0.5) is 0 Å². The van der Waals surface area contributed by atoms with Gasteiger partial charge < -0.3 is 4.57 Å². The van der Waals surface area contributed by atoms with Crippen molar-refractivity contribution in [2.45, 2.75) is 19.4 Å². The van der Waals surface area contributed by atoms with Gasteiger partial charge in [0.2, 0.25) is 0 Å². The Morgan fingerprint density at radius 2 is 1.38 bits per heavy atom. The molecule has 130 valence electrons. The molecule has 1 aliphatic heterocycles. The van der Waals surface area contributed by atoms with Crippen LogP contribution in [-0.4, -0.2) is 22.6 Å². The van der Waals surface area contributed by atoms with Crippen LogP contribution in [0.15, 0.2) is 66.7 Å². The highest BCUT2D eigenvalue weighted by atomic mass is 15.1. The van der Waals surface area contributed by atoms with Crippen LogP contribution in [0.2, 0.25) is 0 Å².